The van der Waals surface area contributed by atoms with E-state index in [2.05, 4.69) is 17.4 Å². The minimum absolute atomic E-state index is 0.472. The molecule has 1 atom stereocenters. The van der Waals surface area contributed by atoms with Gasteiger partial charge in [0.2, 0.25) is 7.14 Å². The molecule has 6 rings (SSSR count). The Kier molecular flexibility index (Phi) is 6.56. The molecule has 0 saturated carbocycles. The Morgan fingerprint density at radius 2 is 1.03 bits per heavy atom. The van der Waals surface area contributed by atoms with E-state index >= 15 is 4.57 Å². The number of nitrogens with one attached hydrogen (secondary N) is 1. The normalized spacial score (nSPS) is 14.9. The summed E-state index contributed by atoms with van der Waals surface area (Å²) in [5.74, 6) is -0.472. The fraction of sp³-hybridized carbons (Fsp3) is 0.0303. The molecule has 0 aliphatic carbocycles. The SMILES string of the molecule is O=P(c1ccc(-c2ccccc2)cn1)(c1ccc(-c2ccccc2)cn1)C1C=CC(c2ccccc2)=CN1. The second-order valence-corrected chi connectivity index (χ2v) is 11.9. The van der Waals surface area contributed by atoms with Gasteiger partial charge < -0.3 is 9.88 Å². The van der Waals surface area contributed by atoms with Crippen LogP contribution in [0, 0.1) is 0 Å². The Labute approximate surface area is 222 Å². The molecule has 1 aliphatic heterocycles. The van der Waals surface area contributed by atoms with Crippen molar-refractivity contribution < 1.29 is 4.57 Å². The third-order valence-electron chi connectivity index (χ3n) is 6.76. The first-order chi connectivity index (χ1) is 18.7. The summed E-state index contributed by atoms with van der Waals surface area (Å²) in [5.41, 5.74) is 7.27. The van der Waals surface area contributed by atoms with Crippen LogP contribution in [0.4, 0.5) is 0 Å². The molecule has 2 aromatic heterocycles. The van der Waals surface area contributed by atoms with E-state index in [1.165, 1.54) is 0 Å². The van der Waals surface area contributed by atoms with Crippen molar-refractivity contribution in [1.82, 2.24) is 15.3 Å². The highest BCUT2D eigenvalue weighted by Gasteiger charge is 2.38. The van der Waals surface area contributed by atoms with Gasteiger partial charge in [-0.2, -0.15) is 0 Å². The van der Waals surface area contributed by atoms with Crippen molar-refractivity contribution in [3.63, 3.8) is 0 Å². The fourth-order valence-electron chi connectivity index (χ4n) is 4.68. The first-order valence-corrected chi connectivity index (χ1v) is 14.3. The van der Waals surface area contributed by atoms with Crippen LogP contribution in [0.2, 0.25) is 0 Å². The standard InChI is InChI=1S/C33H26N3OP/c37-38(31-19-16-28(22-34-31)25-10-4-1-5-11-25,32-20-17-29(23-35-32)26-12-6-2-7-13-26)33-21-18-30(24-36-33)27-14-8-3-9-15-27/h1-24,31,34H. The molecule has 0 saturated heterocycles. The van der Waals surface area contributed by atoms with Crippen LogP contribution in [0.3, 0.4) is 0 Å². The zero-order chi connectivity index (χ0) is 25.8. The molecule has 4 nitrogen and oxygen atoms in total. The van der Waals surface area contributed by atoms with Gasteiger partial charge in [0.25, 0.3) is 0 Å². The number of benzene rings is 3. The van der Waals surface area contributed by atoms with Gasteiger partial charge in [0, 0.05) is 29.7 Å². The first kappa shape index (κ1) is 23.8. The number of aromatic nitrogens is 2. The average Bonchev–Trinajstić information content (AvgIpc) is 3.02. The van der Waals surface area contributed by atoms with Gasteiger partial charge in [-0.25, -0.2) is 0 Å². The minimum Gasteiger partial charge on any atom is -0.377 e. The number of allylic oxidation sites excluding steroid dienone is 2. The third kappa shape index (κ3) is 4.63. The predicted molar refractivity (Wildman–Crippen MR) is 157 cm³/mol. The quantitative estimate of drug-likeness (QED) is 0.259. The van der Waals surface area contributed by atoms with Crippen molar-refractivity contribution in [2.45, 2.75) is 5.78 Å². The van der Waals surface area contributed by atoms with Gasteiger partial charge >= 0.3 is 0 Å². The van der Waals surface area contributed by atoms with E-state index in [9.17, 15) is 0 Å². The van der Waals surface area contributed by atoms with Gasteiger partial charge in [-0.15, -0.1) is 0 Å². The molecular formula is C33H26N3OP. The third-order valence-corrected chi connectivity index (χ3v) is 9.75. The lowest BCUT2D eigenvalue weighted by Crippen LogP contribution is -2.36. The molecular weight excluding hydrogens is 485 g/mol. The zero-order valence-electron chi connectivity index (χ0n) is 20.7. The van der Waals surface area contributed by atoms with Crippen LogP contribution in [-0.2, 0) is 4.57 Å². The van der Waals surface area contributed by atoms with Gasteiger partial charge in [-0.1, -0.05) is 115 Å². The monoisotopic (exact) mass is 511 g/mol. The lowest BCUT2D eigenvalue weighted by molar-refractivity contribution is 0.577. The highest BCUT2D eigenvalue weighted by atomic mass is 31.2. The van der Waals surface area contributed by atoms with E-state index in [0.717, 1.165) is 33.4 Å². The maximum absolute atomic E-state index is 15.0. The summed E-state index contributed by atoms with van der Waals surface area (Å²) >= 11 is 0. The van der Waals surface area contributed by atoms with Gasteiger partial charge in [-0.05, 0) is 34.4 Å². The molecule has 3 heterocycles. The van der Waals surface area contributed by atoms with Crippen LogP contribution in [0.5, 0.6) is 0 Å². The molecule has 184 valence electrons. The molecule has 0 fully saturated rings. The first-order valence-electron chi connectivity index (χ1n) is 12.6. The molecule has 0 spiro atoms. The summed E-state index contributed by atoms with van der Waals surface area (Å²) in [5, 5.41) is 3.41. The Bertz CT molecular complexity index is 1540. The van der Waals surface area contributed by atoms with Crippen molar-refractivity contribution in [2.24, 2.45) is 0 Å². The highest BCUT2D eigenvalue weighted by molar-refractivity contribution is 7.79. The van der Waals surface area contributed by atoms with E-state index in [0.29, 0.717) is 10.9 Å². The van der Waals surface area contributed by atoms with Crippen molar-refractivity contribution in [2.75, 3.05) is 0 Å². The average molecular weight is 512 g/mol. The molecule has 3 aromatic carbocycles. The van der Waals surface area contributed by atoms with E-state index < -0.39 is 12.9 Å². The number of rotatable bonds is 6. The van der Waals surface area contributed by atoms with Crippen molar-refractivity contribution in [1.29, 1.82) is 0 Å². The molecule has 0 amide bonds. The van der Waals surface area contributed by atoms with E-state index in [-0.39, 0.29) is 0 Å². The number of hydrogen-bond acceptors (Lipinski definition) is 4. The summed E-state index contributed by atoms with van der Waals surface area (Å²) in [6.07, 6.45) is 9.53. The van der Waals surface area contributed by atoms with Gasteiger partial charge in [0.1, 0.15) is 16.7 Å². The Morgan fingerprint density at radius 3 is 1.42 bits per heavy atom. The van der Waals surface area contributed by atoms with E-state index in [1.54, 1.807) is 12.4 Å². The molecule has 1 aliphatic rings. The second kappa shape index (κ2) is 10.5. The van der Waals surface area contributed by atoms with E-state index in [4.69, 9.17) is 9.97 Å². The number of nitrogens with zero attached hydrogens (tertiary/aromatic N) is 2. The smallest absolute Gasteiger partial charge is 0.202 e. The van der Waals surface area contributed by atoms with E-state index in [1.807, 2.05) is 121 Å². The zero-order valence-corrected chi connectivity index (χ0v) is 21.6. The topological polar surface area (TPSA) is 54.9 Å². The van der Waals surface area contributed by atoms with Crippen LogP contribution in [0.15, 0.2) is 146 Å². The Hall–Kier alpha value is -4.53. The van der Waals surface area contributed by atoms with Crippen molar-refractivity contribution in [3.8, 4) is 22.3 Å². The lowest BCUT2D eigenvalue weighted by Gasteiger charge is -2.28. The van der Waals surface area contributed by atoms with Crippen molar-refractivity contribution in [3.05, 3.63) is 152 Å². The van der Waals surface area contributed by atoms with Crippen LogP contribution < -0.4 is 16.2 Å². The van der Waals surface area contributed by atoms with Gasteiger partial charge in [0.05, 0.1) is 0 Å². The maximum atomic E-state index is 15.0. The van der Waals surface area contributed by atoms with Crippen LogP contribution >= 0.6 is 7.14 Å². The summed E-state index contributed by atoms with van der Waals surface area (Å²) in [4.78, 5) is 9.48. The number of dihydropyridines is 1. The summed E-state index contributed by atoms with van der Waals surface area (Å²) in [6, 6.07) is 38.0. The Morgan fingerprint density at radius 1 is 0.553 bits per heavy atom. The van der Waals surface area contributed by atoms with Crippen LogP contribution in [-0.4, -0.2) is 15.8 Å². The molecule has 1 N–H and O–H groups in total. The molecule has 1 unspecified atom stereocenters. The maximum Gasteiger partial charge on any atom is 0.202 e. The minimum atomic E-state index is -3.31. The van der Waals surface area contributed by atoms with Crippen LogP contribution in [0.25, 0.3) is 27.8 Å². The molecule has 5 heteroatoms. The Balaban J connectivity index is 1.38. The predicted octanol–water partition coefficient (Wildman–Crippen LogP) is 6.65. The summed E-state index contributed by atoms with van der Waals surface area (Å²) in [7, 11) is -3.31. The van der Waals surface area contributed by atoms with Gasteiger partial charge in [0.15, 0.2) is 0 Å². The lowest BCUT2D eigenvalue weighted by atomic mass is 10.1. The molecule has 0 bridgehead atoms. The molecule has 5 aromatic rings. The molecule has 38 heavy (non-hydrogen) atoms. The van der Waals surface area contributed by atoms with Crippen molar-refractivity contribution >= 4 is 23.6 Å². The second-order valence-electron chi connectivity index (χ2n) is 9.14. The van der Waals surface area contributed by atoms with Crippen LogP contribution in [0.1, 0.15) is 5.56 Å². The largest absolute Gasteiger partial charge is 0.377 e. The number of pyridine rings is 2. The fourth-order valence-corrected chi connectivity index (χ4v) is 7.15. The number of hydrogen-bond donors (Lipinski definition) is 1. The van der Waals surface area contributed by atoms with Gasteiger partial charge in [-0.3, -0.25) is 9.97 Å². The molecule has 0 radical (unpaired) electrons. The highest BCUT2D eigenvalue weighted by Crippen LogP contribution is 2.48. The summed E-state index contributed by atoms with van der Waals surface area (Å²) in [6.45, 7) is 0. The summed E-state index contributed by atoms with van der Waals surface area (Å²) < 4.78 is 15.0.